The third-order valence-electron chi connectivity index (χ3n) is 5.12. The Morgan fingerprint density at radius 1 is 1.24 bits per heavy atom. The molecule has 1 atom stereocenters. The quantitative estimate of drug-likeness (QED) is 0.166. The van der Waals surface area contributed by atoms with Crippen LogP contribution in [0.2, 0.25) is 25.7 Å². The Kier molecular flexibility index (Phi) is 11.0. The predicted octanol–water partition coefficient (Wildman–Crippen LogP) is 6.95. The highest BCUT2D eigenvalue weighted by atomic mass is 79.9. The van der Waals surface area contributed by atoms with E-state index in [0.29, 0.717) is 30.2 Å². The van der Waals surface area contributed by atoms with Gasteiger partial charge in [-0.2, -0.15) is 0 Å². The van der Waals surface area contributed by atoms with E-state index in [9.17, 15) is 9.59 Å². The molecule has 11 heteroatoms. The molecule has 0 aliphatic carbocycles. The Balaban J connectivity index is 2.40. The first-order chi connectivity index (χ1) is 17.2. The van der Waals surface area contributed by atoms with Crippen molar-refractivity contribution in [3.63, 3.8) is 0 Å². The molecule has 0 spiro atoms. The molecule has 2 amide bonds. The van der Waals surface area contributed by atoms with Crippen LogP contribution in [0, 0.1) is 0 Å². The maximum Gasteiger partial charge on any atom is 0.411 e. The molecule has 9 nitrogen and oxygen atoms in total. The summed E-state index contributed by atoms with van der Waals surface area (Å²) in [5.41, 5.74) is 1.44. The Hall–Kier alpha value is -2.63. The van der Waals surface area contributed by atoms with Gasteiger partial charge in [-0.25, -0.2) is 14.6 Å². The molecule has 1 heterocycles. The zero-order chi connectivity index (χ0) is 27.8. The largest absolute Gasteiger partial charge is 0.453 e. The van der Waals surface area contributed by atoms with Crippen LogP contribution >= 0.6 is 15.9 Å². The Labute approximate surface area is 229 Å². The van der Waals surface area contributed by atoms with Crippen molar-refractivity contribution in [1.82, 2.24) is 14.9 Å². The molecular weight excluding hydrogens is 556 g/mol. The van der Waals surface area contributed by atoms with E-state index < -0.39 is 31.9 Å². The fourth-order valence-electron chi connectivity index (χ4n) is 3.30. The van der Waals surface area contributed by atoms with Gasteiger partial charge < -0.3 is 24.1 Å². The van der Waals surface area contributed by atoms with Crippen molar-refractivity contribution < 1.29 is 23.8 Å². The minimum atomic E-state index is -1.24. The van der Waals surface area contributed by atoms with E-state index in [1.807, 2.05) is 37.6 Å². The summed E-state index contributed by atoms with van der Waals surface area (Å²) >= 11 is 3.58. The van der Waals surface area contributed by atoms with Gasteiger partial charge in [0.25, 0.3) is 0 Å². The Morgan fingerprint density at radius 3 is 2.51 bits per heavy atom. The van der Waals surface area contributed by atoms with Crippen molar-refractivity contribution in [3.05, 3.63) is 47.3 Å². The highest BCUT2D eigenvalue weighted by molar-refractivity contribution is 9.10. The van der Waals surface area contributed by atoms with E-state index in [2.05, 4.69) is 57.5 Å². The molecule has 1 aromatic heterocycles. The van der Waals surface area contributed by atoms with Crippen molar-refractivity contribution in [2.45, 2.75) is 71.3 Å². The predicted molar refractivity (Wildman–Crippen MR) is 152 cm³/mol. The minimum absolute atomic E-state index is 0.288. The summed E-state index contributed by atoms with van der Waals surface area (Å²) in [5, 5.41) is 5.57. The second-order valence-electron chi connectivity index (χ2n) is 10.8. The van der Waals surface area contributed by atoms with Gasteiger partial charge in [0.05, 0.1) is 18.8 Å². The number of benzene rings is 1. The van der Waals surface area contributed by atoms with Crippen LogP contribution in [0.1, 0.15) is 39.1 Å². The van der Waals surface area contributed by atoms with Crippen LogP contribution in [0.4, 0.5) is 15.3 Å². The van der Waals surface area contributed by atoms with Gasteiger partial charge in [0.2, 0.25) is 0 Å². The third-order valence-corrected chi connectivity index (χ3v) is 7.48. The topological polar surface area (TPSA) is 104 Å². The molecule has 2 N–H and O–H groups in total. The van der Waals surface area contributed by atoms with E-state index in [-0.39, 0.29) is 6.73 Å². The summed E-state index contributed by atoms with van der Waals surface area (Å²) in [5.74, 6) is 0.623. The lowest BCUT2D eigenvalue weighted by Gasteiger charge is -2.23. The minimum Gasteiger partial charge on any atom is -0.453 e. The summed E-state index contributed by atoms with van der Waals surface area (Å²) in [4.78, 5) is 29.0. The standard InChI is InChI=1S/C26H39BrN4O5Si/c1-9-10-21(30-25(33)36-26(2,3)4)23-29-22(16-31(23)17-35-13-14-37(6,7)8)19-12-11-18(15-20(19)27)28-24(32)34-5/h9,11-12,15-16,21H,1,10,13-14,17H2,2-8H3,(H,28,32)(H,30,33). The van der Waals surface area contributed by atoms with Gasteiger partial charge in [-0.05, 0) is 51.4 Å². The summed E-state index contributed by atoms with van der Waals surface area (Å²) in [6.07, 6.45) is 2.99. The number of hydrogen-bond acceptors (Lipinski definition) is 6. The molecule has 2 aromatic rings. The lowest BCUT2D eigenvalue weighted by atomic mass is 10.1. The second-order valence-corrected chi connectivity index (χ2v) is 17.3. The highest BCUT2D eigenvalue weighted by Gasteiger charge is 2.25. The van der Waals surface area contributed by atoms with E-state index in [4.69, 9.17) is 14.5 Å². The number of halogens is 1. The van der Waals surface area contributed by atoms with Gasteiger partial charge >= 0.3 is 12.2 Å². The van der Waals surface area contributed by atoms with Crippen LogP contribution in [-0.2, 0) is 20.9 Å². The van der Waals surface area contributed by atoms with Gasteiger partial charge in [0.1, 0.15) is 18.2 Å². The van der Waals surface area contributed by atoms with E-state index >= 15 is 0 Å². The number of carbonyl (C=O) groups excluding carboxylic acids is 2. The monoisotopic (exact) mass is 594 g/mol. The van der Waals surface area contributed by atoms with Crippen LogP contribution < -0.4 is 10.6 Å². The van der Waals surface area contributed by atoms with Gasteiger partial charge in [0.15, 0.2) is 0 Å². The normalized spacial score (nSPS) is 12.5. The van der Waals surface area contributed by atoms with Crippen LogP contribution in [0.3, 0.4) is 0 Å². The maximum atomic E-state index is 12.6. The maximum absolute atomic E-state index is 12.6. The molecule has 2 rings (SSSR count). The van der Waals surface area contributed by atoms with Crippen LogP contribution in [-0.4, -0.2) is 49.1 Å². The van der Waals surface area contributed by atoms with Crippen molar-refractivity contribution in [1.29, 1.82) is 0 Å². The summed E-state index contributed by atoms with van der Waals surface area (Å²) in [6, 6.07) is 5.95. The second kappa shape index (κ2) is 13.2. The molecule has 0 radical (unpaired) electrons. The number of ether oxygens (including phenoxy) is 3. The molecule has 37 heavy (non-hydrogen) atoms. The molecule has 1 unspecified atom stereocenters. The number of alkyl carbamates (subject to hydrolysis) is 1. The van der Waals surface area contributed by atoms with E-state index in [1.165, 1.54) is 7.11 Å². The zero-order valence-corrected chi connectivity index (χ0v) is 25.4. The molecule has 0 saturated carbocycles. The summed E-state index contributed by atoms with van der Waals surface area (Å²) < 4.78 is 18.8. The SMILES string of the molecule is C=CCC(NC(=O)OC(C)(C)C)c1nc(-c2ccc(NC(=O)OC)cc2Br)cn1COCC[Si](C)(C)C. The molecule has 0 aliphatic rings. The summed E-state index contributed by atoms with van der Waals surface area (Å²) in [7, 11) is 0.0643. The van der Waals surface area contributed by atoms with Crippen LogP contribution in [0.5, 0.6) is 0 Å². The number of amides is 2. The van der Waals surface area contributed by atoms with E-state index in [1.54, 1.807) is 18.2 Å². The van der Waals surface area contributed by atoms with Crippen molar-refractivity contribution in [3.8, 4) is 11.3 Å². The lowest BCUT2D eigenvalue weighted by Crippen LogP contribution is -2.36. The van der Waals surface area contributed by atoms with Gasteiger partial charge in [-0.3, -0.25) is 5.32 Å². The number of hydrogen-bond donors (Lipinski definition) is 2. The summed E-state index contributed by atoms with van der Waals surface area (Å²) in [6.45, 7) is 17.1. The number of imidazole rings is 1. The zero-order valence-electron chi connectivity index (χ0n) is 22.8. The first-order valence-corrected chi connectivity index (χ1v) is 16.6. The fourth-order valence-corrected chi connectivity index (χ4v) is 4.64. The van der Waals surface area contributed by atoms with Crippen molar-refractivity contribution in [2.24, 2.45) is 0 Å². The number of aromatic nitrogens is 2. The third kappa shape index (κ3) is 10.3. The molecule has 0 fully saturated rings. The first kappa shape index (κ1) is 30.6. The molecule has 1 aromatic carbocycles. The molecule has 0 bridgehead atoms. The average Bonchev–Trinajstić information content (AvgIpc) is 3.18. The fraction of sp³-hybridized carbons (Fsp3) is 0.500. The molecule has 0 saturated heterocycles. The van der Waals surface area contributed by atoms with E-state index in [0.717, 1.165) is 16.1 Å². The Bertz CT molecular complexity index is 1090. The molecule has 204 valence electrons. The number of nitrogens with zero attached hydrogens (tertiary/aromatic N) is 2. The Morgan fingerprint density at radius 2 is 1.95 bits per heavy atom. The number of methoxy groups -OCH3 is 1. The number of nitrogens with one attached hydrogen (secondary N) is 2. The highest BCUT2D eigenvalue weighted by Crippen LogP contribution is 2.32. The number of anilines is 1. The molecule has 0 aliphatic heterocycles. The van der Waals surface area contributed by atoms with Crippen LogP contribution in [0.25, 0.3) is 11.3 Å². The van der Waals surface area contributed by atoms with Crippen molar-refractivity contribution in [2.75, 3.05) is 19.0 Å². The van der Waals surface area contributed by atoms with Crippen LogP contribution in [0.15, 0.2) is 41.5 Å². The number of rotatable bonds is 11. The number of carbonyl (C=O) groups is 2. The van der Waals surface area contributed by atoms with Crippen molar-refractivity contribution >= 4 is 41.9 Å². The lowest BCUT2D eigenvalue weighted by molar-refractivity contribution is 0.0492. The molecular formula is C26H39BrN4O5Si. The smallest absolute Gasteiger partial charge is 0.411 e. The van der Waals surface area contributed by atoms with Gasteiger partial charge in [0, 0.05) is 36.6 Å². The average molecular weight is 596 g/mol. The van der Waals surface area contributed by atoms with Gasteiger partial charge in [-0.1, -0.05) is 41.6 Å². The van der Waals surface area contributed by atoms with Gasteiger partial charge in [-0.15, -0.1) is 6.58 Å². The first-order valence-electron chi connectivity index (χ1n) is 12.1.